The van der Waals surface area contributed by atoms with E-state index in [2.05, 4.69) is 15.7 Å². The molecule has 1 saturated heterocycles. The lowest BCUT2D eigenvalue weighted by atomic mass is 10.0. The number of likely N-dealkylation sites (tertiary alicyclic amines) is 1. The summed E-state index contributed by atoms with van der Waals surface area (Å²) in [4.78, 5) is 26.5. The molecule has 7 nitrogen and oxygen atoms in total. The lowest BCUT2D eigenvalue weighted by Crippen LogP contribution is -2.35. The molecule has 26 heavy (non-hydrogen) atoms. The maximum atomic E-state index is 12.9. The Kier molecular flexibility index (Phi) is 4.97. The number of nitrogens with one attached hydrogen (secondary N) is 2. The Labute approximate surface area is 153 Å². The van der Waals surface area contributed by atoms with Crippen molar-refractivity contribution in [3.8, 4) is 0 Å². The number of hydrogen-bond acceptors (Lipinski definition) is 3. The fourth-order valence-electron chi connectivity index (χ4n) is 3.66. The molecule has 1 aliphatic rings. The Balaban J connectivity index is 1.80. The average Bonchev–Trinajstić information content (AvgIpc) is 3.19. The number of carbonyl (C=O) groups excluding carboxylic acids is 2. The summed E-state index contributed by atoms with van der Waals surface area (Å²) in [5.41, 5.74) is 4.33. The highest BCUT2D eigenvalue weighted by molar-refractivity contribution is 5.96. The number of carbonyl (C=O) groups is 2. The van der Waals surface area contributed by atoms with E-state index in [1.165, 1.54) is 0 Å². The zero-order valence-electron chi connectivity index (χ0n) is 15.7. The van der Waals surface area contributed by atoms with Crippen LogP contribution in [0.4, 0.5) is 10.5 Å². The molecule has 2 N–H and O–H groups in total. The van der Waals surface area contributed by atoms with Crippen LogP contribution in [-0.2, 0) is 7.05 Å². The van der Waals surface area contributed by atoms with Crippen LogP contribution < -0.4 is 10.6 Å². The molecule has 0 aliphatic carbocycles. The fourth-order valence-corrected chi connectivity index (χ4v) is 3.66. The maximum Gasteiger partial charge on any atom is 0.322 e. The topological polar surface area (TPSA) is 79.3 Å². The molecule has 138 valence electrons. The summed E-state index contributed by atoms with van der Waals surface area (Å²) in [5.74, 6) is -0.179. The van der Waals surface area contributed by atoms with Gasteiger partial charge in [0.15, 0.2) is 0 Å². The van der Waals surface area contributed by atoms with Crippen molar-refractivity contribution < 1.29 is 9.59 Å². The van der Waals surface area contributed by atoms with E-state index in [-0.39, 0.29) is 18.0 Å². The smallest absolute Gasteiger partial charge is 0.322 e. The summed E-state index contributed by atoms with van der Waals surface area (Å²) >= 11 is 0. The molecule has 0 spiro atoms. The molecule has 0 radical (unpaired) electrons. The van der Waals surface area contributed by atoms with Crippen molar-refractivity contribution in [3.05, 3.63) is 46.8 Å². The van der Waals surface area contributed by atoms with Crippen LogP contribution in [0.15, 0.2) is 24.3 Å². The van der Waals surface area contributed by atoms with Crippen LogP contribution in [0.5, 0.6) is 0 Å². The first-order valence-corrected chi connectivity index (χ1v) is 8.82. The summed E-state index contributed by atoms with van der Waals surface area (Å²) in [5, 5.41) is 10.0. The largest absolute Gasteiger partial charge is 0.355 e. The zero-order chi connectivity index (χ0) is 18.8. The van der Waals surface area contributed by atoms with Crippen LogP contribution in [0, 0.1) is 13.8 Å². The second kappa shape index (κ2) is 7.19. The first-order chi connectivity index (χ1) is 12.4. The lowest BCUT2D eigenvalue weighted by molar-refractivity contribution is 0.0963. The van der Waals surface area contributed by atoms with Crippen LogP contribution in [0.3, 0.4) is 0 Å². The first kappa shape index (κ1) is 18.0. The van der Waals surface area contributed by atoms with Gasteiger partial charge in [0.25, 0.3) is 5.91 Å². The van der Waals surface area contributed by atoms with E-state index in [9.17, 15) is 9.59 Å². The van der Waals surface area contributed by atoms with Gasteiger partial charge in [-0.3, -0.25) is 9.48 Å². The predicted molar refractivity (Wildman–Crippen MR) is 100 cm³/mol. The molecular formula is C19H25N5O2. The van der Waals surface area contributed by atoms with E-state index in [1.807, 2.05) is 30.5 Å². The van der Waals surface area contributed by atoms with Crippen LogP contribution in [-0.4, -0.2) is 40.2 Å². The van der Waals surface area contributed by atoms with E-state index in [1.54, 1.807) is 31.3 Å². The van der Waals surface area contributed by atoms with E-state index in [0.29, 0.717) is 17.8 Å². The van der Waals surface area contributed by atoms with Crippen molar-refractivity contribution in [2.45, 2.75) is 32.7 Å². The van der Waals surface area contributed by atoms with Crippen molar-refractivity contribution in [1.82, 2.24) is 20.0 Å². The number of urea groups is 1. The summed E-state index contributed by atoms with van der Waals surface area (Å²) in [6.45, 7) is 4.74. The van der Waals surface area contributed by atoms with Crippen LogP contribution in [0.1, 0.15) is 46.2 Å². The van der Waals surface area contributed by atoms with Crippen LogP contribution in [0.25, 0.3) is 0 Å². The molecule has 1 fully saturated rings. The molecule has 2 heterocycles. The molecule has 3 amide bonds. The molecule has 1 aromatic heterocycles. The number of benzene rings is 1. The number of aromatic nitrogens is 2. The Morgan fingerprint density at radius 3 is 2.69 bits per heavy atom. The highest BCUT2D eigenvalue weighted by Crippen LogP contribution is 2.35. The van der Waals surface area contributed by atoms with E-state index < -0.39 is 0 Å². The van der Waals surface area contributed by atoms with Crippen LogP contribution in [0.2, 0.25) is 0 Å². The zero-order valence-corrected chi connectivity index (χ0v) is 15.7. The third-order valence-electron chi connectivity index (χ3n) is 5.01. The average molecular weight is 355 g/mol. The molecular weight excluding hydrogens is 330 g/mol. The normalized spacial score (nSPS) is 16.6. The SMILES string of the molecule is CNC(=O)c1cccc(NC(=O)N2CCCC2c2c(C)nn(C)c2C)c1. The van der Waals surface area contributed by atoms with Crippen molar-refractivity contribution in [2.75, 3.05) is 18.9 Å². The number of nitrogens with zero attached hydrogens (tertiary/aromatic N) is 3. The molecule has 0 bridgehead atoms. The number of hydrogen-bond donors (Lipinski definition) is 2. The van der Waals surface area contributed by atoms with E-state index in [4.69, 9.17) is 0 Å². The van der Waals surface area contributed by atoms with Gasteiger partial charge in [0.2, 0.25) is 0 Å². The Morgan fingerprint density at radius 1 is 1.27 bits per heavy atom. The Hall–Kier alpha value is -2.83. The molecule has 7 heteroatoms. The monoisotopic (exact) mass is 355 g/mol. The number of aryl methyl sites for hydroxylation is 2. The minimum absolute atomic E-state index is 0.0332. The van der Waals surface area contributed by atoms with Crippen molar-refractivity contribution in [3.63, 3.8) is 0 Å². The second-order valence-corrected chi connectivity index (χ2v) is 6.65. The van der Waals surface area contributed by atoms with Gasteiger partial charge in [-0.1, -0.05) is 6.07 Å². The standard InChI is InChI=1S/C19H25N5O2/c1-12-17(13(2)23(4)22-12)16-9-6-10-24(16)19(26)21-15-8-5-7-14(11-15)18(25)20-3/h5,7-8,11,16H,6,9-10H2,1-4H3,(H,20,25)(H,21,26). The third-order valence-corrected chi connectivity index (χ3v) is 5.01. The lowest BCUT2D eigenvalue weighted by Gasteiger charge is -2.25. The number of amides is 3. The van der Waals surface area contributed by atoms with Gasteiger partial charge in [0, 0.05) is 43.1 Å². The molecule has 2 aromatic rings. The summed E-state index contributed by atoms with van der Waals surface area (Å²) < 4.78 is 1.87. The minimum atomic E-state index is -0.179. The van der Waals surface area contributed by atoms with E-state index >= 15 is 0 Å². The summed E-state index contributed by atoms with van der Waals surface area (Å²) in [6.07, 6.45) is 1.89. The molecule has 3 rings (SSSR count). The molecule has 0 saturated carbocycles. The number of rotatable bonds is 3. The van der Waals surface area contributed by atoms with E-state index in [0.717, 1.165) is 29.8 Å². The van der Waals surface area contributed by atoms with Gasteiger partial charge >= 0.3 is 6.03 Å². The van der Waals surface area contributed by atoms with Gasteiger partial charge in [-0.05, 0) is 44.9 Å². The fraction of sp³-hybridized carbons (Fsp3) is 0.421. The van der Waals surface area contributed by atoms with Gasteiger partial charge in [0.1, 0.15) is 0 Å². The molecule has 1 aromatic carbocycles. The predicted octanol–water partition coefficient (Wildman–Crippen LogP) is 2.77. The van der Waals surface area contributed by atoms with Gasteiger partial charge < -0.3 is 15.5 Å². The van der Waals surface area contributed by atoms with Gasteiger partial charge in [-0.15, -0.1) is 0 Å². The Bertz CT molecular complexity index is 842. The van der Waals surface area contributed by atoms with Gasteiger partial charge in [0.05, 0.1) is 11.7 Å². The highest BCUT2D eigenvalue weighted by atomic mass is 16.2. The second-order valence-electron chi connectivity index (χ2n) is 6.65. The number of anilines is 1. The molecule has 1 aliphatic heterocycles. The maximum absolute atomic E-state index is 12.9. The summed E-state index contributed by atoms with van der Waals surface area (Å²) in [7, 11) is 3.51. The van der Waals surface area contributed by atoms with Crippen molar-refractivity contribution >= 4 is 17.6 Å². The van der Waals surface area contributed by atoms with Crippen LogP contribution >= 0.6 is 0 Å². The third kappa shape index (κ3) is 3.29. The molecule has 1 atom stereocenters. The Morgan fingerprint density at radius 2 is 2.04 bits per heavy atom. The van der Waals surface area contributed by atoms with Gasteiger partial charge in [-0.25, -0.2) is 4.79 Å². The quantitative estimate of drug-likeness (QED) is 0.888. The first-order valence-electron chi connectivity index (χ1n) is 8.82. The highest BCUT2D eigenvalue weighted by Gasteiger charge is 2.33. The summed E-state index contributed by atoms with van der Waals surface area (Å²) in [6, 6.07) is 6.83. The van der Waals surface area contributed by atoms with Crippen molar-refractivity contribution in [1.29, 1.82) is 0 Å². The van der Waals surface area contributed by atoms with Crippen molar-refractivity contribution in [2.24, 2.45) is 7.05 Å². The molecule has 1 unspecified atom stereocenters. The minimum Gasteiger partial charge on any atom is -0.355 e. The van der Waals surface area contributed by atoms with Gasteiger partial charge in [-0.2, -0.15) is 5.10 Å².